The Morgan fingerprint density at radius 1 is 0.700 bits per heavy atom. The van der Waals surface area contributed by atoms with Gasteiger partial charge < -0.3 is 13.3 Å². The van der Waals surface area contributed by atoms with E-state index < -0.39 is 0 Å². The Labute approximate surface area is 184 Å². The van der Waals surface area contributed by atoms with Gasteiger partial charge in [0.05, 0.1) is 18.1 Å². The van der Waals surface area contributed by atoms with Crippen molar-refractivity contribution in [3.05, 3.63) is 55.1 Å². The molecule has 0 atom stereocenters. The van der Waals surface area contributed by atoms with Gasteiger partial charge in [-0.15, -0.1) is 0 Å². The van der Waals surface area contributed by atoms with Crippen molar-refractivity contribution in [2.45, 2.75) is 101 Å². The number of aromatic nitrogens is 3. The van der Waals surface area contributed by atoms with E-state index in [0.29, 0.717) is 17.8 Å². The third-order valence-electron chi connectivity index (χ3n) is 3.01. The first-order valence-corrected chi connectivity index (χ1v) is 11.1. The fraction of sp³-hybridized carbons (Fsp3) is 0.625. The van der Waals surface area contributed by atoms with Gasteiger partial charge in [-0.1, -0.05) is 83.1 Å². The van der Waals surface area contributed by atoms with Gasteiger partial charge in [-0.3, -0.25) is 0 Å². The molecular formula is C24H45N3O3. The van der Waals surface area contributed by atoms with Crippen LogP contribution in [0.25, 0.3) is 0 Å². The summed E-state index contributed by atoms with van der Waals surface area (Å²) < 4.78 is 14.7. The molecule has 0 bridgehead atoms. The summed E-state index contributed by atoms with van der Waals surface area (Å²) in [4.78, 5) is 11.7. The maximum absolute atomic E-state index is 4.98. The number of rotatable bonds is 3. The van der Waals surface area contributed by atoms with Crippen molar-refractivity contribution in [3.8, 4) is 0 Å². The van der Waals surface area contributed by atoms with E-state index in [0.717, 1.165) is 17.3 Å². The molecule has 0 aliphatic heterocycles. The van der Waals surface area contributed by atoms with E-state index in [2.05, 4.69) is 42.6 Å². The monoisotopic (exact) mass is 423 g/mol. The van der Waals surface area contributed by atoms with Crippen LogP contribution in [0, 0.1) is 0 Å². The molecule has 3 rings (SSSR count). The van der Waals surface area contributed by atoms with Crippen LogP contribution in [0.5, 0.6) is 0 Å². The predicted octanol–water partition coefficient (Wildman–Crippen LogP) is 8.47. The lowest BCUT2D eigenvalue weighted by Crippen LogP contribution is -1.83. The van der Waals surface area contributed by atoms with Crippen LogP contribution in [0.2, 0.25) is 0 Å². The van der Waals surface area contributed by atoms with Crippen LogP contribution in [0.15, 0.2) is 51.0 Å². The molecule has 3 aromatic rings. The Hall–Kier alpha value is -2.37. The van der Waals surface area contributed by atoms with Crippen molar-refractivity contribution in [2.75, 3.05) is 0 Å². The van der Waals surface area contributed by atoms with E-state index in [1.807, 2.05) is 55.4 Å². The molecule has 0 amide bonds. The van der Waals surface area contributed by atoms with Gasteiger partial charge in [0.15, 0.2) is 18.7 Å². The molecule has 6 heteroatoms. The fourth-order valence-electron chi connectivity index (χ4n) is 1.54. The van der Waals surface area contributed by atoms with Gasteiger partial charge in [0.1, 0.15) is 18.3 Å². The van der Waals surface area contributed by atoms with Crippen molar-refractivity contribution in [1.82, 2.24) is 15.0 Å². The Morgan fingerprint density at radius 2 is 1.30 bits per heavy atom. The fourth-order valence-corrected chi connectivity index (χ4v) is 1.54. The van der Waals surface area contributed by atoms with Crippen LogP contribution in [0.1, 0.15) is 118 Å². The molecule has 30 heavy (non-hydrogen) atoms. The molecule has 3 aromatic heterocycles. The topological polar surface area (TPSA) is 78.1 Å². The van der Waals surface area contributed by atoms with Crippen molar-refractivity contribution in [3.63, 3.8) is 0 Å². The quantitative estimate of drug-likeness (QED) is 0.420. The molecule has 3 heterocycles. The highest BCUT2D eigenvalue weighted by Gasteiger charge is 2.00. The van der Waals surface area contributed by atoms with E-state index in [1.165, 1.54) is 12.8 Å². The van der Waals surface area contributed by atoms with Crippen molar-refractivity contribution in [2.24, 2.45) is 0 Å². The number of hydrogen-bond donors (Lipinski definition) is 0. The maximum atomic E-state index is 4.98. The first-order valence-electron chi connectivity index (χ1n) is 11.1. The SMILES string of the molecule is CC.CC.CC.CC(C)c1cnco1.CC(C)c1cocn1.CC(C)c1ncco1. The standard InChI is InChI=1S/3C6H9NO.3C2H6/c1-5(2)6-3-8-4-7-6;1-5(2)6-3-7-4-8-6;1-5(2)6-7-3-4-8-6;3*1-2/h3*3-5H,1-2H3;3*1-2H3. The molecule has 0 saturated carbocycles. The van der Waals surface area contributed by atoms with E-state index in [-0.39, 0.29) is 0 Å². The average molecular weight is 424 g/mol. The molecule has 0 unspecified atom stereocenters. The van der Waals surface area contributed by atoms with Crippen LogP contribution >= 0.6 is 0 Å². The number of nitrogens with zero attached hydrogens (tertiary/aromatic N) is 3. The van der Waals surface area contributed by atoms with Crippen LogP contribution in [0.4, 0.5) is 0 Å². The van der Waals surface area contributed by atoms with Gasteiger partial charge in [0.25, 0.3) is 0 Å². The zero-order valence-corrected chi connectivity index (χ0v) is 21.3. The molecule has 6 nitrogen and oxygen atoms in total. The lowest BCUT2D eigenvalue weighted by Gasteiger charge is -1.93. The number of hydrogen-bond acceptors (Lipinski definition) is 6. The van der Waals surface area contributed by atoms with E-state index >= 15 is 0 Å². The molecule has 0 N–H and O–H groups in total. The number of oxazole rings is 3. The minimum absolute atomic E-state index is 0.407. The van der Waals surface area contributed by atoms with E-state index in [4.69, 9.17) is 13.3 Å². The summed E-state index contributed by atoms with van der Waals surface area (Å²) >= 11 is 0. The minimum atomic E-state index is 0.407. The third-order valence-corrected chi connectivity index (χ3v) is 3.01. The van der Waals surface area contributed by atoms with Crippen LogP contribution in [-0.4, -0.2) is 15.0 Å². The summed E-state index contributed by atoms with van der Waals surface area (Å²) in [6.45, 7) is 24.4. The second-order valence-electron chi connectivity index (χ2n) is 6.15. The summed E-state index contributed by atoms with van der Waals surface area (Å²) in [6, 6.07) is 0. The molecule has 174 valence electrons. The summed E-state index contributed by atoms with van der Waals surface area (Å²) in [5, 5.41) is 0. The zero-order chi connectivity index (χ0) is 23.9. The zero-order valence-electron chi connectivity index (χ0n) is 21.3. The van der Waals surface area contributed by atoms with Crippen LogP contribution < -0.4 is 0 Å². The van der Waals surface area contributed by atoms with E-state index in [1.54, 1.807) is 24.9 Å². The van der Waals surface area contributed by atoms with Gasteiger partial charge in [0.2, 0.25) is 0 Å². The van der Waals surface area contributed by atoms with Crippen LogP contribution in [0.3, 0.4) is 0 Å². The van der Waals surface area contributed by atoms with Gasteiger partial charge in [0, 0.05) is 11.8 Å². The first-order chi connectivity index (χ1) is 14.4. The van der Waals surface area contributed by atoms with Crippen molar-refractivity contribution >= 4 is 0 Å². The molecular weight excluding hydrogens is 378 g/mol. The third kappa shape index (κ3) is 16.6. The molecule has 0 aliphatic rings. The van der Waals surface area contributed by atoms with E-state index in [9.17, 15) is 0 Å². The van der Waals surface area contributed by atoms with Gasteiger partial charge >= 0.3 is 0 Å². The average Bonchev–Trinajstić information content (AvgIpc) is 3.56. The molecule has 0 fully saturated rings. The summed E-state index contributed by atoms with van der Waals surface area (Å²) in [5.74, 6) is 3.10. The highest BCUT2D eigenvalue weighted by Crippen LogP contribution is 2.11. The maximum Gasteiger partial charge on any atom is 0.196 e. The normalized spacial score (nSPS) is 8.90. The molecule has 0 aromatic carbocycles. The van der Waals surface area contributed by atoms with Crippen molar-refractivity contribution in [1.29, 1.82) is 0 Å². The first kappa shape index (κ1) is 32.3. The lowest BCUT2D eigenvalue weighted by atomic mass is 10.2. The predicted molar refractivity (Wildman–Crippen MR) is 126 cm³/mol. The largest absolute Gasteiger partial charge is 0.451 e. The second-order valence-corrected chi connectivity index (χ2v) is 6.15. The van der Waals surface area contributed by atoms with Crippen LogP contribution in [-0.2, 0) is 0 Å². The minimum Gasteiger partial charge on any atom is -0.451 e. The van der Waals surface area contributed by atoms with Gasteiger partial charge in [-0.2, -0.15) is 0 Å². The molecule has 0 saturated heterocycles. The summed E-state index contributed by atoms with van der Waals surface area (Å²) in [7, 11) is 0. The van der Waals surface area contributed by atoms with Gasteiger partial charge in [-0.25, -0.2) is 15.0 Å². The Kier molecular flexibility index (Phi) is 24.7. The smallest absolute Gasteiger partial charge is 0.196 e. The highest BCUT2D eigenvalue weighted by atomic mass is 16.3. The Bertz CT molecular complexity index is 524. The Balaban J connectivity index is -0.000000323. The van der Waals surface area contributed by atoms with Crippen molar-refractivity contribution < 1.29 is 13.3 Å². The Morgan fingerprint density at radius 3 is 1.50 bits per heavy atom. The molecule has 0 radical (unpaired) electrons. The highest BCUT2D eigenvalue weighted by molar-refractivity contribution is 4.96. The van der Waals surface area contributed by atoms with Gasteiger partial charge in [-0.05, 0) is 5.92 Å². The summed E-state index contributed by atoms with van der Waals surface area (Å²) in [6.07, 6.45) is 9.57. The molecule has 0 aliphatic carbocycles. The lowest BCUT2D eigenvalue weighted by molar-refractivity contribution is 0.471. The molecule has 0 spiro atoms. The second kappa shape index (κ2) is 22.9. The summed E-state index contributed by atoms with van der Waals surface area (Å²) in [5.41, 5.74) is 1.02.